The molecule has 0 radical (unpaired) electrons. The molecule has 1 heterocycles. The van der Waals surface area contributed by atoms with Crippen LogP contribution < -0.4 is 11.1 Å². The number of anilines is 1. The maximum Gasteiger partial charge on any atom is 0.255 e. The summed E-state index contributed by atoms with van der Waals surface area (Å²) < 4.78 is 0.746. The highest BCUT2D eigenvalue weighted by atomic mass is 79.9. The van der Waals surface area contributed by atoms with Gasteiger partial charge in [-0.05, 0) is 52.4 Å². The number of carbonyl (C=O) groups excluding carboxylic acids is 1. The molecule has 3 N–H and O–H groups in total. The van der Waals surface area contributed by atoms with Crippen molar-refractivity contribution in [1.29, 1.82) is 0 Å². The maximum absolute atomic E-state index is 12.3. The van der Waals surface area contributed by atoms with Gasteiger partial charge in [0.25, 0.3) is 5.91 Å². The number of halogens is 1. The molecule has 21 heavy (non-hydrogen) atoms. The first-order valence-corrected chi connectivity index (χ1v) is 7.71. The van der Waals surface area contributed by atoms with E-state index in [4.69, 9.17) is 5.73 Å². The number of pyridine rings is 1. The Labute approximate surface area is 131 Å². The summed E-state index contributed by atoms with van der Waals surface area (Å²) in [5.41, 5.74) is 8.89. The molecule has 0 spiro atoms. The first-order chi connectivity index (χ1) is 10.1. The van der Waals surface area contributed by atoms with Gasteiger partial charge in [0.2, 0.25) is 0 Å². The average molecular weight is 346 g/mol. The van der Waals surface area contributed by atoms with Crippen molar-refractivity contribution in [3.05, 3.63) is 57.7 Å². The maximum atomic E-state index is 12.3. The smallest absolute Gasteiger partial charge is 0.255 e. The Kier molecular flexibility index (Phi) is 3.92. The third kappa shape index (κ3) is 3.08. The SMILES string of the molecule is Nc1ncc(Br)cc1C(=O)NC1CCc2ccccc2C1. The number of hydrogen-bond acceptors (Lipinski definition) is 3. The van der Waals surface area contributed by atoms with Crippen molar-refractivity contribution in [2.75, 3.05) is 5.73 Å². The van der Waals surface area contributed by atoms with E-state index in [0.717, 1.165) is 23.7 Å². The van der Waals surface area contributed by atoms with Crippen molar-refractivity contribution in [3.63, 3.8) is 0 Å². The molecule has 5 heteroatoms. The molecule has 2 aromatic rings. The van der Waals surface area contributed by atoms with Gasteiger partial charge in [-0.1, -0.05) is 24.3 Å². The van der Waals surface area contributed by atoms with Crippen LogP contribution in [0.1, 0.15) is 27.9 Å². The molecule has 0 saturated heterocycles. The number of hydrogen-bond donors (Lipinski definition) is 2. The molecule has 1 aromatic carbocycles. The number of aryl methyl sites for hydroxylation is 1. The van der Waals surface area contributed by atoms with E-state index in [1.54, 1.807) is 12.3 Å². The van der Waals surface area contributed by atoms with E-state index < -0.39 is 0 Å². The fraction of sp³-hybridized carbons (Fsp3) is 0.250. The van der Waals surface area contributed by atoms with E-state index in [0.29, 0.717) is 5.56 Å². The van der Waals surface area contributed by atoms with Gasteiger partial charge >= 0.3 is 0 Å². The van der Waals surface area contributed by atoms with Crippen LogP contribution in [0.2, 0.25) is 0 Å². The Morgan fingerprint density at radius 3 is 2.90 bits per heavy atom. The lowest BCUT2D eigenvalue weighted by atomic mass is 9.88. The van der Waals surface area contributed by atoms with E-state index in [-0.39, 0.29) is 17.8 Å². The minimum atomic E-state index is -0.161. The van der Waals surface area contributed by atoms with Crippen LogP contribution in [0, 0.1) is 0 Å². The fourth-order valence-corrected chi connectivity index (χ4v) is 3.05. The lowest BCUT2D eigenvalue weighted by Crippen LogP contribution is -2.39. The van der Waals surface area contributed by atoms with Crippen LogP contribution in [0.15, 0.2) is 41.0 Å². The van der Waals surface area contributed by atoms with Crippen molar-refractivity contribution in [2.24, 2.45) is 0 Å². The van der Waals surface area contributed by atoms with Gasteiger partial charge in [-0.15, -0.1) is 0 Å². The van der Waals surface area contributed by atoms with E-state index in [9.17, 15) is 4.79 Å². The summed E-state index contributed by atoms with van der Waals surface area (Å²) in [6.07, 6.45) is 4.39. The van der Waals surface area contributed by atoms with E-state index >= 15 is 0 Å². The standard InChI is InChI=1S/C16H16BrN3O/c17-12-8-14(15(18)19-9-12)16(21)20-13-6-5-10-3-1-2-4-11(10)7-13/h1-4,8-9,13H,5-7H2,(H2,18,19)(H,20,21). The number of nitrogens with one attached hydrogen (secondary N) is 1. The summed E-state index contributed by atoms with van der Waals surface area (Å²) >= 11 is 3.31. The van der Waals surface area contributed by atoms with Crippen molar-refractivity contribution < 1.29 is 4.79 Å². The third-order valence-electron chi connectivity index (χ3n) is 3.81. The van der Waals surface area contributed by atoms with Gasteiger partial charge in [0.1, 0.15) is 5.82 Å². The van der Waals surface area contributed by atoms with Crippen LogP contribution in [-0.4, -0.2) is 16.9 Å². The molecular formula is C16H16BrN3O. The Hall–Kier alpha value is -1.88. The molecule has 0 saturated carbocycles. The molecule has 1 aliphatic rings. The second-order valence-electron chi connectivity index (χ2n) is 5.27. The number of fused-ring (bicyclic) bond motifs is 1. The summed E-state index contributed by atoms with van der Waals surface area (Å²) in [4.78, 5) is 16.3. The number of amides is 1. The fourth-order valence-electron chi connectivity index (χ4n) is 2.72. The van der Waals surface area contributed by atoms with Gasteiger partial charge in [0, 0.05) is 16.7 Å². The summed E-state index contributed by atoms with van der Waals surface area (Å²) in [6.45, 7) is 0. The predicted octanol–water partition coefficient (Wildman–Crippen LogP) is 2.71. The minimum absolute atomic E-state index is 0.144. The second-order valence-corrected chi connectivity index (χ2v) is 6.18. The van der Waals surface area contributed by atoms with Crippen molar-refractivity contribution >= 4 is 27.7 Å². The van der Waals surface area contributed by atoms with Gasteiger partial charge in [-0.2, -0.15) is 0 Å². The van der Waals surface area contributed by atoms with Crippen LogP contribution in [-0.2, 0) is 12.8 Å². The van der Waals surface area contributed by atoms with Gasteiger partial charge in [-0.25, -0.2) is 4.98 Å². The summed E-state index contributed by atoms with van der Waals surface area (Å²) in [7, 11) is 0. The van der Waals surface area contributed by atoms with E-state index in [2.05, 4.69) is 44.4 Å². The Morgan fingerprint density at radius 1 is 1.33 bits per heavy atom. The van der Waals surface area contributed by atoms with Gasteiger partial charge in [0.15, 0.2) is 0 Å². The van der Waals surface area contributed by atoms with Crippen LogP contribution in [0.4, 0.5) is 5.82 Å². The lowest BCUT2D eigenvalue weighted by Gasteiger charge is -2.25. The lowest BCUT2D eigenvalue weighted by molar-refractivity contribution is 0.0934. The van der Waals surface area contributed by atoms with E-state index in [1.165, 1.54) is 11.1 Å². The Balaban J connectivity index is 1.73. The normalized spacial score (nSPS) is 17.1. The number of nitrogens with two attached hydrogens (primary N) is 1. The van der Waals surface area contributed by atoms with Crippen LogP contribution in [0.25, 0.3) is 0 Å². The highest BCUT2D eigenvalue weighted by molar-refractivity contribution is 9.10. The quantitative estimate of drug-likeness (QED) is 0.879. The van der Waals surface area contributed by atoms with E-state index in [1.807, 2.05) is 6.07 Å². The Bertz CT molecular complexity index is 687. The molecular weight excluding hydrogens is 330 g/mol. The zero-order valence-corrected chi connectivity index (χ0v) is 13.1. The van der Waals surface area contributed by atoms with Gasteiger partial charge in [0.05, 0.1) is 5.56 Å². The number of nitrogens with zero attached hydrogens (tertiary/aromatic N) is 1. The molecule has 1 amide bonds. The highest BCUT2D eigenvalue weighted by Gasteiger charge is 2.21. The van der Waals surface area contributed by atoms with Gasteiger partial charge in [-0.3, -0.25) is 4.79 Å². The molecule has 4 nitrogen and oxygen atoms in total. The predicted molar refractivity (Wildman–Crippen MR) is 86.1 cm³/mol. The summed E-state index contributed by atoms with van der Waals surface area (Å²) in [5, 5.41) is 3.06. The third-order valence-corrected chi connectivity index (χ3v) is 4.25. The zero-order chi connectivity index (χ0) is 14.8. The second kappa shape index (κ2) is 5.85. The Morgan fingerprint density at radius 2 is 2.10 bits per heavy atom. The molecule has 3 rings (SSSR count). The van der Waals surface area contributed by atoms with Crippen LogP contribution in [0.5, 0.6) is 0 Å². The largest absolute Gasteiger partial charge is 0.383 e. The highest BCUT2D eigenvalue weighted by Crippen LogP contribution is 2.22. The first-order valence-electron chi connectivity index (χ1n) is 6.92. The number of carbonyl (C=O) groups is 1. The van der Waals surface area contributed by atoms with Crippen LogP contribution in [0.3, 0.4) is 0 Å². The average Bonchev–Trinajstić information content (AvgIpc) is 2.49. The molecule has 108 valence electrons. The minimum Gasteiger partial charge on any atom is -0.383 e. The van der Waals surface area contributed by atoms with Crippen molar-refractivity contribution in [3.8, 4) is 0 Å². The molecule has 0 fully saturated rings. The molecule has 0 aliphatic heterocycles. The monoisotopic (exact) mass is 345 g/mol. The first kappa shape index (κ1) is 14.1. The molecule has 1 unspecified atom stereocenters. The molecule has 1 atom stereocenters. The number of nitrogen functional groups attached to an aromatic ring is 1. The topological polar surface area (TPSA) is 68.0 Å². The van der Waals surface area contributed by atoms with Crippen LogP contribution >= 0.6 is 15.9 Å². The van der Waals surface area contributed by atoms with Gasteiger partial charge < -0.3 is 11.1 Å². The summed E-state index contributed by atoms with van der Waals surface area (Å²) in [6, 6.07) is 10.2. The van der Waals surface area contributed by atoms with Crippen molar-refractivity contribution in [1.82, 2.24) is 10.3 Å². The zero-order valence-electron chi connectivity index (χ0n) is 11.5. The number of benzene rings is 1. The number of aromatic nitrogens is 1. The molecule has 1 aliphatic carbocycles. The molecule has 0 bridgehead atoms. The van der Waals surface area contributed by atoms with Crippen molar-refractivity contribution in [2.45, 2.75) is 25.3 Å². The molecule has 1 aromatic heterocycles. The summed E-state index contributed by atoms with van der Waals surface area (Å²) in [5.74, 6) is 0.0950. The number of rotatable bonds is 2.